The number of rotatable bonds is 4. The van der Waals surface area contributed by atoms with E-state index in [0.29, 0.717) is 28.5 Å². The van der Waals surface area contributed by atoms with Crippen molar-refractivity contribution in [2.24, 2.45) is 16.8 Å². The molecule has 1 aliphatic rings. The van der Waals surface area contributed by atoms with Gasteiger partial charge < -0.3 is 14.7 Å². The third-order valence-corrected chi connectivity index (χ3v) is 5.16. The monoisotopic (exact) mass is 404 g/mol. The second-order valence-corrected chi connectivity index (χ2v) is 7.28. The Morgan fingerprint density at radius 3 is 2.71 bits per heavy atom. The molecule has 1 saturated heterocycles. The lowest BCUT2D eigenvalue weighted by atomic mass is 9.91. The number of aromatic amines is 1. The molecule has 0 saturated carbocycles. The van der Waals surface area contributed by atoms with Gasteiger partial charge in [0.15, 0.2) is 0 Å². The predicted molar refractivity (Wildman–Crippen MR) is 106 cm³/mol. The fourth-order valence-electron chi connectivity index (χ4n) is 3.28. The van der Waals surface area contributed by atoms with Crippen molar-refractivity contribution >= 4 is 23.4 Å². The number of benzene rings is 1. The summed E-state index contributed by atoms with van der Waals surface area (Å²) in [4.78, 5) is 26.8. The van der Waals surface area contributed by atoms with Gasteiger partial charge in [0.25, 0.3) is 11.8 Å². The zero-order chi connectivity index (χ0) is 20.3. The van der Waals surface area contributed by atoms with Crippen molar-refractivity contribution in [3.05, 3.63) is 70.9 Å². The summed E-state index contributed by atoms with van der Waals surface area (Å²) < 4.78 is 13.1. The van der Waals surface area contributed by atoms with Crippen molar-refractivity contribution in [1.29, 1.82) is 0 Å². The number of halogens is 2. The Kier molecular flexibility index (Phi) is 6.16. The summed E-state index contributed by atoms with van der Waals surface area (Å²) in [5.41, 5.74) is 1.56. The minimum atomic E-state index is -0.373. The number of H-pyrrole nitrogens is 1. The van der Waals surface area contributed by atoms with Crippen LogP contribution >= 0.6 is 11.6 Å². The highest BCUT2D eigenvalue weighted by molar-refractivity contribution is 6.30. The van der Waals surface area contributed by atoms with Crippen LogP contribution in [0, 0.1) is 11.7 Å². The Balaban J connectivity index is 1.75. The molecular formula is C20H22ClFN4O2. The number of nitrogens with zero attached hydrogens (tertiary/aromatic N) is 2. The lowest BCUT2D eigenvalue weighted by Crippen LogP contribution is -2.45. The van der Waals surface area contributed by atoms with Crippen molar-refractivity contribution in [2.45, 2.75) is 25.8 Å². The molecule has 1 aromatic carbocycles. The first kappa shape index (κ1) is 20.1. The molecule has 0 bridgehead atoms. The van der Waals surface area contributed by atoms with E-state index < -0.39 is 0 Å². The molecule has 2 heterocycles. The van der Waals surface area contributed by atoms with Crippen LogP contribution in [-0.2, 0) is 4.84 Å². The molecule has 0 unspecified atom stereocenters. The second-order valence-electron chi connectivity index (χ2n) is 6.85. The van der Waals surface area contributed by atoms with Crippen molar-refractivity contribution in [3.63, 3.8) is 0 Å². The fraction of sp³-hybridized carbons (Fsp3) is 0.300. The van der Waals surface area contributed by atoms with E-state index in [0.717, 1.165) is 12.8 Å². The van der Waals surface area contributed by atoms with E-state index >= 15 is 0 Å². The van der Waals surface area contributed by atoms with Crippen molar-refractivity contribution in [2.75, 3.05) is 6.54 Å². The molecule has 148 valence electrons. The molecule has 28 heavy (non-hydrogen) atoms. The molecule has 2 aromatic rings. The Labute approximate surface area is 167 Å². The van der Waals surface area contributed by atoms with Crippen LogP contribution in [0.1, 0.15) is 35.8 Å². The van der Waals surface area contributed by atoms with Gasteiger partial charge in [-0.3, -0.25) is 4.79 Å². The smallest absolute Gasteiger partial charge is 0.261 e. The van der Waals surface area contributed by atoms with Crippen LogP contribution in [0.15, 0.2) is 53.8 Å². The maximum Gasteiger partial charge on any atom is 0.261 e. The third-order valence-electron chi connectivity index (χ3n) is 4.94. The maximum absolute atomic E-state index is 13.1. The van der Waals surface area contributed by atoms with E-state index in [2.05, 4.69) is 16.6 Å². The highest BCUT2D eigenvalue weighted by atomic mass is 35.5. The first-order valence-corrected chi connectivity index (χ1v) is 9.32. The van der Waals surface area contributed by atoms with Gasteiger partial charge in [-0.25, -0.2) is 9.38 Å². The standard InChI is InChI=1S/C20H22ClFN4O2/c1-12-3-4-15(11-26(12)20(27)14-5-7-17(22)8-6-14)13(2)25-19(28-23)18-9-16(21)10-24-18/h5-10,12,15,24H,2-4,11,23H2,1H3/b25-19-/t12-,15+/m0/s1. The molecule has 2 atom stereocenters. The summed E-state index contributed by atoms with van der Waals surface area (Å²) in [5, 5.41) is 0.507. The van der Waals surface area contributed by atoms with Gasteiger partial charge in [0.1, 0.15) is 11.5 Å². The van der Waals surface area contributed by atoms with Crippen LogP contribution in [0.3, 0.4) is 0 Å². The van der Waals surface area contributed by atoms with Crippen LogP contribution in [0.2, 0.25) is 5.02 Å². The summed E-state index contributed by atoms with van der Waals surface area (Å²) in [6, 6.07) is 7.28. The average molecular weight is 405 g/mol. The van der Waals surface area contributed by atoms with E-state index in [1.165, 1.54) is 24.3 Å². The summed E-state index contributed by atoms with van der Waals surface area (Å²) in [6.45, 7) is 6.50. The maximum atomic E-state index is 13.1. The number of amides is 1. The Hall–Kier alpha value is -2.64. The van der Waals surface area contributed by atoms with Crippen molar-refractivity contribution in [3.8, 4) is 0 Å². The van der Waals surface area contributed by atoms with Crippen molar-refractivity contribution in [1.82, 2.24) is 9.88 Å². The zero-order valence-corrected chi connectivity index (χ0v) is 16.2. The Morgan fingerprint density at radius 2 is 2.11 bits per heavy atom. The molecule has 1 amide bonds. The van der Waals surface area contributed by atoms with E-state index in [-0.39, 0.29) is 29.6 Å². The van der Waals surface area contributed by atoms with Crippen LogP contribution in [0.25, 0.3) is 0 Å². The van der Waals surface area contributed by atoms with E-state index in [9.17, 15) is 9.18 Å². The van der Waals surface area contributed by atoms with Gasteiger partial charge in [-0.1, -0.05) is 18.2 Å². The van der Waals surface area contributed by atoms with Gasteiger partial charge in [0.05, 0.1) is 5.02 Å². The van der Waals surface area contributed by atoms with Crippen LogP contribution < -0.4 is 5.90 Å². The lowest BCUT2D eigenvalue weighted by Gasteiger charge is -2.38. The van der Waals surface area contributed by atoms with Gasteiger partial charge in [-0.15, -0.1) is 0 Å². The average Bonchev–Trinajstić information content (AvgIpc) is 3.12. The van der Waals surface area contributed by atoms with Crippen molar-refractivity contribution < 1.29 is 14.0 Å². The quantitative estimate of drug-likeness (QED) is 0.460. The number of aliphatic imine (C=N–C) groups is 1. The highest BCUT2D eigenvalue weighted by Crippen LogP contribution is 2.29. The number of carbonyl (C=O) groups is 1. The van der Waals surface area contributed by atoms with E-state index in [1.807, 2.05) is 6.92 Å². The first-order valence-electron chi connectivity index (χ1n) is 8.94. The fourth-order valence-corrected chi connectivity index (χ4v) is 3.45. The van der Waals surface area contributed by atoms with Crippen LogP contribution in [-0.4, -0.2) is 34.3 Å². The lowest BCUT2D eigenvalue weighted by molar-refractivity contribution is 0.0585. The van der Waals surface area contributed by atoms with Crippen LogP contribution in [0.4, 0.5) is 4.39 Å². The van der Waals surface area contributed by atoms with Crippen LogP contribution in [0.5, 0.6) is 0 Å². The van der Waals surface area contributed by atoms with Gasteiger partial charge in [0.2, 0.25) is 0 Å². The normalized spacial score (nSPS) is 20.1. The number of aromatic nitrogens is 1. The van der Waals surface area contributed by atoms with Gasteiger partial charge >= 0.3 is 0 Å². The molecule has 1 aliphatic heterocycles. The molecule has 0 aliphatic carbocycles. The molecular weight excluding hydrogens is 383 g/mol. The molecule has 6 nitrogen and oxygen atoms in total. The minimum absolute atomic E-state index is 0.0452. The number of hydrogen-bond acceptors (Lipinski definition) is 4. The number of carbonyl (C=O) groups excluding carboxylic acids is 1. The molecule has 1 fully saturated rings. The van der Waals surface area contributed by atoms with E-state index in [4.69, 9.17) is 22.3 Å². The first-order chi connectivity index (χ1) is 13.4. The summed E-state index contributed by atoms with van der Waals surface area (Å²) in [6.07, 6.45) is 3.24. The number of hydrogen-bond donors (Lipinski definition) is 2. The Morgan fingerprint density at radius 1 is 1.39 bits per heavy atom. The topological polar surface area (TPSA) is 83.7 Å². The van der Waals surface area contributed by atoms with Gasteiger partial charge in [-0.05, 0) is 50.1 Å². The summed E-state index contributed by atoms with van der Waals surface area (Å²) in [5.74, 6) is 4.96. The van der Waals surface area contributed by atoms with Gasteiger partial charge in [0, 0.05) is 36.0 Å². The van der Waals surface area contributed by atoms with E-state index in [1.54, 1.807) is 17.2 Å². The second kappa shape index (κ2) is 8.58. The number of nitrogens with one attached hydrogen (secondary N) is 1. The zero-order valence-electron chi connectivity index (χ0n) is 15.5. The molecule has 8 heteroatoms. The third kappa shape index (κ3) is 4.43. The highest BCUT2D eigenvalue weighted by Gasteiger charge is 2.31. The number of nitrogens with two attached hydrogens (primary N) is 1. The number of piperidine rings is 1. The molecule has 3 N–H and O–H groups in total. The molecule has 1 aromatic heterocycles. The molecule has 0 spiro atoms. The summed E-state index contributed by atoms with van der Waals surface area (Å²) >= 11 is 5.91. The minimum Gasteiger partial charge on any atom is -0.389 e. The van der Waals surface area contributed by atoms with Gasteiger partial charge in [-0.2, -0.15) is 5.90 Å². The summed E-state index contributed by atoms with van der Waals surface area (Å²) in [7, 11) is 0. The predicted octanol–water partition coefficient (Wildman–Crippen LogP) is 3.90. The number of likely N-dealkylation sites (tertiary alicyclic amines) is 1. The molecule has 3 rings (SSSR count). The largest absolute Gasteiger partial charge is 0.389 e. The molecule has 0 radical (unpaired) electrons. The Bertz CT molecular complexity index is 894. The SMILES string of the molecule is C=C(/N=C(\ON)c1cc(Cl)c[nH]1)[C@@H]1CC[C@H](C)N(C(=O)c2ccc(F)cc2)C1.